The van der Waals surface area contributed by atoms with Gasteiger partial charge in [0.25, 0.3) is 0 Å². The van der Waals surface area contributed by atoms with Gasteiger partial charge in [-0.1, -0.05) is 25.5 Å². The first-order chi connectivity index (χ1) is 12.6. The molecule has 5 unspecified atom stereocenters. The Morgan fingerprint density at radius 3 is 2.54 bits per heavy atom. The highest BCUT2D eigenvalue weighted by molar-refractivity contribution is 5.36. The third-order valence-corrected chi connectivity index (χ3v) is 7.82. The largest absolute Gasteiger partial charge is 0.207 e. The lowest BCUT2D eigenvalue weighted by Gasteiger charge is -2.44. The minimum absolute atomic E-state index is 0.0615. The molecule has 0 amide bonds. The van der Waals surface area contributed by atoms with Crippen LogP contribution in [0.3, 0.4) is 0 Å². The van der Waals surface area contributed by atoms with Crippen molar-refractivity contribution in [3.63, 3.8) is 0 Å². The molecule has 0 spiro atoms. The molecule has 2 fully saturated rings. The fraction of sp³-hybridized carbons (Fsp3) is 0.680. The predicted molar refractivity (Wildman–Crippen MR) is 108 cm³/mol. The number of aryl methyl sites for hydroxylation is 2. The summed E-state index contributed by atoms with van der Waals surface area (Å²) in [5.74, 6) is 4.53. The Hall–Kier alpha value is -1.11. The van der Waals surface area contributed by atoms with Crippen molar-refractivity contribution in [1.82, 2.24) is 0 Å². The zero-order valence-corrected chi connectivity index (χ0v) is 16.5. The highest BCUT2D eigenvalue weighted by Gasteiger charge is 2.38. The Labute approximate surface area is 159 Å². The molecule has 5 atom stereocenters. The maximum Gasteiger partial charge on any atom is 0.126 e. The molecule has 1 heteroatoms. The van der Waals surface area contributed by atoms with Gasteiger partial charge in [-0.25, -0.2) is 4.39 Å². The molecule has 142 valence electrons. The number of hydrogen-bond donors (Lipinski definition) is 0. The Morgan fingerprint density at radius 2 is 1.73 bits per heavy atom. The molecule has 1 aromatic rings. The van der Waals surface area contributed by atoms with E-state index in [1.165, 1.54) is 50.5 Å². The van der Waals surface area contributed by atoms with Crippen LogP contribution in [0.4, 0.5) is 4.39 Å². The average molecular weight is 355 g/mol. The van der Waals surface area contributed by atoms with Crippen LogP contribution in [0, 0.1) is 35.4 Å². The highest BCUT2D eigenvalue weighted by Crippen LogP contribution is 2.48. The number of rotatable bonds is 4. The summed E-state index contributed by atoms with van der Waals surface area (Å²) in [5, 5.41) is 0. The maximum atomic E-state index is 14.8. The molecule has 0 bridgehead atoms. The number of halogens is 1. The van der Waals surface area contributed by atoms with Crippen LogP contribution in [0.1, 0.15) is 75.0 Å². The highest BCUT2D eigenvalue weighted by atomic mass is 19.1. The smallest absolute Gasteiger partial charge is 0.126 e. The molecular formula is C25H35F. The van der Waals surface area contributed by atoms with Crippen molar-refractivity contribution in [2.75, 3.05) is 0 Å². The van der Waals surface area contributed by atoms with E-state index in [1.54, 1.807) is 6.07 Å². The van der Waals surface area contributed by atoms with Gasteiger partial charge in [-0.15, -0.1) is 6.58 Å². The molecule has 4 rings (SSSR count). The molecule has 0 N–H and O–H groups in total. The Kier molecular flexibility index (Phi) is 5.53. The summed E-state index contributed by atoms with van der Waals surface area (Å²) >= 11 is 0. The molecule has 2 saturated carbocycles. The third kappa shape index (κ3) is 3.78. The van der Waals surface area contributed by atoms with Crippen molar-refractivity contribution in [2.45, 2.75) is 77.6 Å². The first-order valence-electron chi connectivity index (χ1n) is 11.0. The van der Waals surface area contributed by atoms with E-state index in [4.69, 9.17) is 0 Å². The zero-order valence-electron chi connectivity index (χ0n) is 16.5. The van der Waals surface area contributed by atoms with Gasteiger partial charge in [0.2, 0.25) is 0 Å². The Bertz CT molecular complexity index is 646. The first-order valence-corrected chi connectivity index (χ1v) is 11.0. The average Bonchev–Trinajstić information content (AvgIpc) is 2.65. The van der Waals surface area contributed by atoms with Gasteiger partial charge >= 0.3 is 0 Å². The van der Waals surface area contributed by atoms with E-state index >= 15 is 0 Å². The van der Waals surface area contributed by atoms with Gasteiger partial charge in [-0.05, 0) is 117 Å². The lowest BCUT2D eigenvalue weighted by molar-refractivity contribution is 0.0754. The van der Waals surface area contributed by atoms with E-state index in [0.717, 1.165) is 66.4 Å². The van der Waals surface area contributed by atoms with Crippen LogP contribution in [0.15, 0.2) is 24.8 Å². The Morgan fingerprint density at radius 1 is 1.00 bits per heavy atom. The summed E-state index contributed by atoms with van der Waals surface area (Å²) in [6, 6.07) is 4.07. The topological polar surface area (TPSA) is 0 Å². The molecule has 26 heavy (non-hydrogen) atoms. The monoisotopic (exact) mass is 354 g/mol. The van der Waals surface area contributed by atoms with Crippen molar-refractivity contribution >= 4 is 0 Å². The summed E-state index contributed by atoms with van der Waals surface area (Å²) in [5.41, 5.74) is 3.49. The van der Waals surface area contributed by atoms with Crippen molar-refractivity contribution in [2.24, 2.45) is 29.6 Å². The summed E-state index contributed by atoms with van der Waals surface area (Å²) in [6.07, 6.45) is 15.7. The summed E-state index contributed by atoms with van der Waals surface area (Å²) < 4.78 is 14.8. The normalized spacial score (nSPS) is 34.0. The van der Waals surface area contributed by atoms with Crippen LogP contribution in [0.25, 0.3) is 0 Å². The van der Waals surface area contributed by atoms with Crippen molar-refractivity contribution in [1.29, 1.82) is 0 Å². The molecule has 0 heterocycles. The number of hydrogen-bond acceptors (Lipinski definition) is 0. The standard InChI is InChI=1S/C25H35F/c1-3-4-5-18-13-23-11-10-22(16-24(23)25(26)14-18)21-9-8-19-12-17(2)6-7-20(19)15-21/h3,13-14,17,19-22H,1,4-12,15-16H2,2H3. The van der Waals surface area contributed by atoms with E-state index in [-0.39, 0.29) is 5.82 Å². The third-order valence-electron chi connectivity index (χ3n) is 7.82. The van der Waals surface area contributed by atoms with Gasteiger partial charge in [-0.3, -0.25) is 0 Å². The van der Waals surface area contributed by atoms with Gasteiger partial charge < -0.3 is 0 Å². The lowest BCUT2D eigenvalue weighted by atomic mass is 9.61. The lowest BCUT2D eigenvalue weighted by Crippen LogP contribution is -2.34. The van der Waals surface area contributed by atoms with Crippen molar-refractivity contribution in [3.05, 3.63) is 47.3 Å². The molecule has 0 saturated heterocycles. The van der Waals surface area contributed by atoms with Gasteiger partial charge in [0.15, 0.2) is 0 Å². The quantitative estimate of drug-likeness (QED) is 0.516. The maximum absolute atomic E-state index is 14.8. The minimum Gasteiger partial charge on any atom is -0.207 e. The van der Waals surface area contributed by atoms with E-state index in [2.05, 4.69) is 19.6 Å². The van der Waals surface area contributed by atoms with Gasteiger partial charge in [0.05, 0.1) is 0 Å². The molecular weight excluding hydrogens is 319 g/mol. The summed E-state index contributed by atoms with van der Waals surface area (Å²) in [7, 11) is 0. The minimum atomic E-state index is 0.0615. The van der Waals surface area contributed by atoms with Crippen molar-refractivity contribution in [3.8, 4) is 0 Å². The number of benzene rings is 1. The molecule has 0 radical (unpaired) electrons. The van der Waals surface area contributed by atoms with E-state index in [0.29, 0.717) is 0 Å². The first kappa shape index (κ1) is 18.3. The molecule has 3 aliphatic rings. The van der Waals surface area contributed by atoms with Gasteiger partial charge in [0, 0.05) is 0 Å². The van der Waals surface area contributed by atoms with Crippen LogP contribution in [0.5, 0.6) is 0 Å². The van der Waals surface area contributed by atoms with Crippen LogP contribution >= 0.6 is 0 Å². The van der Waals surface area contributed by atoms with Crippen molar-refractivity contribution < 1.29 is 4.39 Å². The van der Waals surface area contributed by atoms with E-state index in [9.17, 15) is 4.39 Å². The number of allylic oxidation sites excluding steroid dienone is 1. The van der Waals surface area contributed by atoms with Gasteiger partial charge in [0.1, 0.15) is 5.82 Å². The summed E-state index contributed by atoms with van der Waals surface area (Å²) in [6.45, 7) is 6.22. The second kappa shape index (κ2) is 7.87. The van der Waals surface area contributed by atoms with E-state index < -0.39 is 0 Å². The molecule has 0 nitrogen and oxygen atoms in total. The van der Waals surface area contributed by atoms with Crippen LogP contribution in [0.2, 0.25) is 0 Å². The van der Waals surface area contributed by atoms with Crippen LogP contribution in [-0.4, -0.2) is 0 Å². The number of fused-ring (bicyclic) bond motifs is 2. The second-order valence-corrected chi connectivity index (χ2v) is 9.56. The predicted octanol–water partition coefficient (Wildman–Crippen LogP) is 6.90. The van der Waals surface area contributed by atoms with E-state index in [1.807, 2.05) is 6.08 Å². The van der Waals surface area contributed by atoms with Crippen LogP contribution < -0.4 is 0 Å². The molecule has 1 aromatic carbocycles. The fourth-order valence-electron chi connectivity index (χ4n) is 6.32. The Balaban J connectivity index is 1.43. The SMILES string of the molecule is C=CCCc1cc(F)c2c(c1)CCC(C1CCC3CC(C)CCC3C1)C2. The molecule has 3 aliphatic carbocycles. The zero-order chi connectivity index (χ0) is 18.1. The summed E-state index contributed by atoms with van der Waals surface area (Å²) in [4.78, 5) is 0. The fourth-order valence-corrected chi connectivity index (χ4v) is 6.32. The molecule has 0 aromatic heterocycles. The molecule has 0 aliphatic heterocycles. The second-order valence-electron chi connectivity index (χ2n) is 9.56. The van der Waals surface area contributed by atoms with Crippen LogP contribution in [-0.2, 0) is 19.3 Å². The van der Waals surface area contributed by atoms with Gasteiger partial charge in [-0.2, -0.15) is 0 Å².